The maximum Gasteiger partial charge on any atom is 0.243 e. The minimum Gasteiger partial charge on any atom is -0.352 e. The number of amides is 2. The third-order valence-electron chi connectivity index (χ3n) is 4.87. The van der Waals surface area contributed by atoms with Crippen molar-refractivity contribution in [2.75, 3.05) is 0 Å². The molecular formula is C23H29FN2O2. The summed E-state index contributed by atoms with van der Waals surface area (Å²) in [5.41, 5.74) is 1.35. The van der Waals surface area contributed by atoms with Gasteiger partial charge >= 0.3 is 0 Å². The van der Waals surface area contributed by atoms with E-state index in [1.54, 1.807) is 25.1 Å². The van der Waals surface area contributed by atoms with Crippen LogP contribution in [-0.4, -0.2) is 28.8 Å². The fourth-order valence-electron chi connectivity index (χ4n) is 3.01. The fourth-order valence-corrected chi connectivity index (χ4v) is 3.01. The van der Waals surface area contributed by atoms with Gasteiger partial charge in [0, 0.05) is 31.0 Å². The number of halogens is 1. The fraction of sp³-hybridized carbons (Fsp3) is 0.391. The molecule has 0 radical (unpaired) electrons. The minimum atomic E-state index is -0.705. The molecule has 2 aromatic carbocycles. The summed E-state index contributed by atoms with van der Waals surface area (Å²) in [5.74, 6) is -0.767. The van der Waals surface area contributed by atoms with E-state index in [-0.39, 0.29) is 36.6 Å². The van der Waals surface area contributed by atoms with Gasteiger partial charge in [0.25, 0.3) is 0 Å². The zero-order chi connectivity index (χ0) is 20.5. The number of carbonyl (C=O) groups is 2. The Morgan fingerprint density at radius 1 is 1.04 bits per heavy atom. The first kappa shape index (κ1) is 21.6. The average Bonchev–Trinajstić information content (AvgIpc) is 2.71. The second-order valence-corrected chi connectivity index (χ2v) is 6.99. The molecule has 0 aromatic heterocycles. The molecule has 0 saturated heterocycles. The van der Waals surface area contributed by atoms with E-state index in [4.69, 9.17) is 0 Å². The lowest BCUT2D eigenvalue weighted by Gasteiger charge is -2.32. The summed E-state index contributed by atoms with van der Waals surface area (Å²) in [7, 11) is 0. The van der Waals surface area contributed by atoms with E-state index < -0.39 is 6.04 Å². The Labute approximate surface area is 166 Å². The van der Waals surface area contributed by atoms with Crippen molar-refractivity contribution in [1.29, 1.82) is 0 Å². The summed E-state index contributed by atoms with van der Waals surface area (Å²) in [6.07, 6.45) is 1.42. The van der Waals surface area contributed by atoms with E-state index >= 15 is 0 Å². The first-order chi connectivity index (χ1) is 13.5. The molecule has 0 spiro atoms. The molecule has 0 aliphatic carbocycles. The van der Waals surface area contributed by atoms with Gasteiger partial charge in [-0.25, -0.2) is 4.39 Å². The number of hydrogen-bond acceptors (Lipinski definition) is 2. The van der Waals surface area contributed by atoms with Crippen LogP contribution in [0.2, 0.25) is 0 Å². The van der Waals surface area contributed by atoms with Crippen LogP contribution in [0.25, 0.3) is 0 Å². The van der Waals surface area contributed by atoms with Gasteiger partial charge in [-0.05, 0) is 25.0 Å². The smallest absolute Gasteiger partial charge is 0.243 e. The SMILES string of the molecule is CCC(=O)N(Cc1ccccc1F)[C@H](Cc1ccccc1)C(=O)N[C@H](C)CC. The van der Waals surface area contributed by atoms with Gasteiger partial charge in [0.1, 0.15) is 11.9 Å². The lowest BCUT2D eigenvalue weighted by Crippen LogP contribution is -2.52. The molecule has 4 nitrogen and oxygen atoms in total. The molecule has 0 saturated carbocycles. The molecule has 0 aliphatic rings. The van der Waals surface area contributed by atoms with Crippen molar-refractivity contribution in [2.45, 2.75) is 58.7 Å². The summed E-state index contributed by atoms with van der Waals surface area (Å²) in [6.45, 7) is 5.74. The van der Waals surface area contributed by atoms with Crippen molar-refractivity contribution < 1.29 is 14.0 Å². The molecule has 0 unspecified atom stereocenters. The molecule has 1 N–H and O–H groups in total. The van der Waals surface area contributed by atoms with Gasteiger partial charge in [-0.15, -0.1) is 0 Å². The van der Waals surface area contributed by atoms with Crippen LogP contribution < -0.4 is 5.32 Å². The van der Waals surface area contributed by atoms with Gasteiger partial charge in [-0.3, -0.25) is 9.59 Å². The molecule has 2 rings (SSSR count). The molecule has 0 fully saturated rings. The number of carbonyl (C=O) groups excluding carboxylic acids is 2. The highest BCUT2D eigenvalue weighted by molar-refractivity contribution is 5.88. The Hall–Kier alpha value is -2.69. The number of benzene rings is 2. The maximum atomic E-state index is 14.2. The zero-order valence-corrected chi connectivity index (χ0v) is 16.8. The Morgan fingerprint density at radius 2 is 1.68 bits per heavy atom. The van der Waals surface area contributed by atoms with Crippen molar-refractivity contribution in [1.82, 2.24) is 10.2 Å². The monoisotopic (exact) mass is 384 g/mol. The van der Waals surface area contributed by atoms with Crippen LogP contribution in [0.5, 0.6) is 0 Å². The summed E-state index contributed by atoms with van der Waals surface area (Å²) in [4.78, 5) is 27.3. The zero-order valence-electron chi connectivity index (χ0n) is 16.8. The predicted octanol–water partition coefficient (Wildman–Crippen LogP) is 4.09. The molecule has 2 amide bonds. The van der Waals surface area contributed by atoms with E-state index in [1.165, 1.54) is 11.0 Å². The first-order valence-corrected chi connectivity index (χ1v) is 9.83. The third kappa shape index (κ3) is 5.91. The molecule has 0 heterocycles. The van der Waals surface area contributed by atoms with Crippen LogP contribution in [0, 0.1) is 5.82 Å². The molecular weight excluding hydrogens is 355 g/mol. The Balaban J connectivity index is 2.37. The van der Waals surface area contributed by atoms with E-state index in [2.05, 4.69) is 5.32 Å². The topological polar surface area (TPSA) is 49.4 Å². The summed E-state index contributed by atoms with van der Waals surface area (Å²) >= 11 is 0. The van der Waals surface area contributed by atoms with Crippen LogP contribution in [-0.2, 0) is 22.6 Å². The highest BCUT2D eigenvalue weighted by Crippen LogP contribution is 2.17. The quantitative estimate of drug-likeness (QED) is 0.708. The van der Waals surface area contributed by atoms with Gasteiger partial charge in [-0.1, -0.05) is 62.4 Å². The first-order valence-electron chi connectivity index (χ1n) is 9.83. The Morgan fingerprint density at radius 3 is 2.29 bits per heavy atom. The molecule has 2 atom stereocenters. The number of hydrogen-bond donors (Lipinski definition) is 1. The lowest BCUT2D eigenvalue weighted by atomic mass is 10.0. The third-order valence-corrected chi connectivity index (χ3v) is 4.87. The highest BCUT2D eigenvalue weighted by Gasteiger charge is 2.30. The average molecular weight is 384 g/mol. The predicted molar refractivity (Wildman–Crippen MR) is 109 cm³/mol. The summed E-state index contributed by atoms with van der Waals surface area (Å²) in [6, 6.07) is 15.2. The van der Waals surface area contributed by atoms with Gasteiger partial charge in [0.15, 0.2) is 0 Å². The van der Waals surface area contributed by atoms with E-state index in [9.17, 15) is 14.0 Å². The van der Waals surface area contributed by atoms with Crippen molar-refractivity contribution >= 4 is 11.8 Å². The second kappa shape index (κ2) is 10.6. The van der Waals surface area contributed by atoms with Crippen molar-refractivity contribution in [3.63, 3.8) is 0 Å². The van der Waals surface area contributed by atoms with Gasteiger partial charge in [-0.2, -0.15) is 0 Å². The standard InChI is InChI=1S/C23H29FN2O2/c1-4-17(3)25-23(28)21(15-18-11-7-6-8-12-18)26(22(27)5-2)16-19-13-9-10-14-20(19)24/h6-14,17,21H,4-5,15-16H2,1-3H3,(H,25,28)/t17-,21-/m1/s1. The summed E-state index contributed by atoms with van der Waals surface area (Å²) in [5, 5.41) is 2.98. The highest BCUT2D eigenvalue weighted by atomic mass is 19.1. The van der Waals surface area contributed by atoms with Crippen LogP contribution >= 0.6 is 0 Å². The normalized spacial score (nSPS) is 12.9. The van der Waals surface area contributed by atoms with Gasteiger partial charge in [0.2, 0.25) is 11.8 Å². The van der Waals surface area contributed by atoms with Crippen LogP contribution in [0.1, 0.15) is 44.7 Å². The molecule has 150 valence electrons. The maximum absolute atomic E-state index is 14.2. The largest absolute Gasteiger partial charge is 0.352 e. The Bertz CT molecular complexity index is 779. The summed E-state index contributed by atoms with van der Waals surface area (Å²) < 4.78 is 14.2. The van der Waals surface area contributed by atoms with E-state index in [1.807, 2.05) is 44.2 Å². The van der Waals surface area contributed by atoms with Gasteiger partial charge in [0.05, 0.1) is 0 Å². The van der Waals surface area contributed by atoms with Crippen LogP contribution in [0.15, 0.2) is 54.6 Å². The molecule has 0 aliphatic heterocycles. The lowest BCUT2D eigenvalue weighted by molar-refractivity contribution is -0.141. The van der Waals surface area contributed by atoms with Crippen molar-refractivity contribution in [2.24, 2.45) is 0 Å². The number of rotatable bonds is 9. The second-order valence-electron chi connectivity index (χ2n) is 6.99. The van der Waals surface area contributed by atoms with E-state index in [0.717, 1.165) is 12.0 Å². The van der Waals surface area contributed by atoms with Crippen molar-refractivity contribution in [3.05, 3.63) is 71.5 Å². The van der Waals surface area contributed by atoms with Crippen LogP contribution in [0.3, 0.4) is 0 Å². The molecule has 2 aromatic rings. The van der Waals surface area contributed by atoms with Crippen LogP contribution in [0.4, 0.5) is 4.39 Å². The molecule has 5 heteroatoms. The van der Waals surface area contributed by atoms with Crippen molar-refractivity contribution in [3.8, 4) is 0 Å². The number of nitrogens with zero attached hydrogens (tertiary/aromatic N) is 1. The molecule has 28 heavy (non-hydrogen) atoms. The molecule has 0 bridgehead atoms. The number of nitrogens with one attached hydrogen (secondary N) is 1. The minimum absolute atomic E-state index is 0.00202. The van der Waals surface area contributed by atoms with Gasteiger partial charge < -0.3 is 10.2 Å². The Kier molecular flexibility index (Phi) is 8.18. The van der Waals surface area contributed by atoms with E-state index in [0.29, 0.717) is 12.0 Å².